The summed E-state index contributed by atoms with van der Waals surface area (Å²) in [5.74, 6) is -0.652. The van der Waals surface area contributed by atoms with Gasteiger partial charge in [0.15, 0.2) is 5.75 Å². The number of aromatic hydroxyl groups is 1. The summed E-state index contributed by atoms with van der Waals surface area (Å²) in [6.07, 6.45) is 0. The SMILES string of the molecule is C[C@H](Nc1c(N(C)c2cccc(C(=O)N(C)C)c2O)c(=O)[nH][nH]c1=O)C(C)(C)C. The van der Waals surface area contributed by atoms with E-state index in [1.165, 1.54) is 15.9 Å². The number of carbonyl (C=O) groups excluding carboxylic acids is 1. The normalized spacial score (nSPS) is 12.4. The number of nitrogens with one attached hydrogen (secondary N) is 3. The number of rotatable bonds is 5. The molecule has 1 aromatic carbocycles. The Bertz CT molecular complexity index is 1020. The summed E-state index contributed by atoms with van der Waals surface area (Å²) in [5.41, 5.74) is -0.775. The lowest BCUT2D eigenvalue weighted by Crippen LogP contribution is -2.37. The first-order valence-electron chi connectivity index (χ1n) is 9.25. The molecular formula is C20H29N5O4. The molecule has 9 nitrogen and oxygen atoms in total. The quantitative estimate of drug-likeness (QED) is 0.606. The Morgan fingerprint density at radius 2 is 1.69 bits per heavy atom. The molecule has 1 amide bonds. The van der Waals surface area contributed by atoms with Gasteiger partial charge in [0.2, 0.25) is 0 Å². The molecule has 0 radical (unpaired) electrons. The minimum Gasteiger partial charge on any atom is -0.505 e. The summed E-state index contributed by atoms with van der Waals surface area (Å²) >= 11 is 0. The van der Waals surface area contributed by atoms with Crippen LogP contribution in [-0.4, -0.2) is 53.3 Å². The number of hydrogen-bond donors (Lipinski definition) is 4. The van der Waals surface area contributed by atoms with Crippen LogP contribution in [0.1, 0.15) is 38.1 Å². The molecule has 0 aliphatic heterocycles. The van der Waals surface area contributed by atoms with E-state index in [0.717, 1.165) is 0 Å². The highest BCUT2D eigenvalue weighted by molar-refractivity contribution is 5.99. The van der Waals surface area contributed by atoms with Gasteiger partial charge in [-0.25, -0.2) is 0 Å². The number of benzene rings is 1. The van der Waals surface area contributed by atoms with Crippen molar-refractivity contribution in [1.82, 2.24) is 15.1 Å². The van der Waals surface area contributed by atoms with Crippen molar-refractivity contribution in [1.29, 1.82) is 0 Å². The van der Waals surface area contributed by atoms with Crippen molar-refractivity contribution in [3.63, 3.8) is 0 Å². The summed E-state index contributed by atoms with van der Waals surface area (Å²) in [5, 5.41) is 18.5. The maximum atomic E-state index is 12.6. The maximum Gasteiger partial charge on any atom is 0.288 e. The average Bonchev–Trinajstić information content (AvgIpc) is 2.63. The lowest BCUT2D eigenvalue weighted by molar-refractivity contribution is 0.0824. The fraction of sp³-hybridized carbons (Fsp3) is 0.450. The number of hydrogen-bond acceptors (Lipinski definition) is 6. The Labute approximate surface area is 169 Å². The van der Waals surface area contributed by atoms with E-state index in [1.807, 2.05) is 27.7 Å². The van der Waals surface area contributed by atoms with Crippen LogP contribution in [0.4, 0.5) is 17.1 Å². The van der Waals surface area contributed by atoms with Crippen molar-refractivity contribution in [2.75, 3.05) is 31.4 Å². The number of para-hydroxylation sites is 1. The smallest absolute Gasteiger partial charge is 0.288 e. The van der Waals surface area contributed by atoms with E-state index < -0.39 is 11.1 Å². The van der Waals surface area contributed by atoms with E-state index in [-0.39, 0.29) is 45.7 Å². The zero-order chi connectivity index (χ0) is 22.1. The van der Waals surface area contributed by atoms with Crippen LogP contribution < -0.4 is 21.3 Å². The number of phenols is 1. The number of aromatic nitrogens is 2. The summed E-state index contributed by atoms with van der Waals surface area (Å²) in [6, 6.07) is 4.54. The fourth-order valence-corrected chi connectivity index (χ4v) is 2.68. The number of amides is 1. The van der Waals surface area contributed by atoms with Crippen molar-refractivity contribution in [2.45, 2.75) is 33.7 Å². The van der Waals surface area contributed by atoms with E-state index in [9.17, 15) is 19.5 Å². The van der Waals surface area contributed by atoms with Gasteiger partial charge >= 0.3 is 0 Å². The Morgan fingerprint density at radius 3 is 2.24 bits per heavy atom. The van der Waals surface area contributed by atoms with Gasteiger partial charge in [-0.3, -0.25) is 24.6 Å². The van der Waals surface area contributed by atoms with Gasteiger partial charge in [0.1, 0.15) is 11.4 Å². The Hall–Kier alpha value is -3.23. The number of carbonyl (C=O) groups is 1. The molecule has 2 aromatic rings. The third-order valence-electron chi connectivity index (χ3n) is 4.98. The number of H-pyrrole nitrogens is 2. The topological polar surface area (TPSA) is 122 Å². The predicted molar refractivity (Wildman–Crippen MR) is 114 cm³/mol. The van der Waals surface area contributed by atoms with Gasteiger partial charge < -0.3 is 20.2 Å². The van der Waals surface area contributed by atoms with Crippen LogP contribution in [0.2, 0.25) is 0 Å². The van der Waals surface area contributed by atoms with Crippen molar-refractivity contribution < 1.29 is 9.90 Å². The first kappa shape index (κ1) is 22.1. The van der Waals surface area contributed by atoms with Gasteiger partial charge in [-0.1, -0.05) is 26.8 Å². The van der Waals surface area contributed by atoms with Gasteiger partial charge in [0, 0.05) is 27.2 Å². The summed E-state index contributed by atoms with van der Waals surface area (Å²) in [4.78, 5) is 40.2. The monoisotopic (exact) mass is 403 g/mol. The Kier molecular flexibility index (Phi) is 6.10. The van der Waals surface area contributed by atoms with E-state index in [1.54, 1.807) is 33.3 Å². The second-order valence-electron chi connectivity index (χ2n) is 8.30. The third kappa shape index (κ3) is 4.44. The number of nitrogens with zero attached hydrogens (tertiary/aromatic N) is 2. The molecule has 158 valence electrons. The molecule has 1 aromatic heterocycles. The molecule has 2 rings (SSSR count). The van der Waals surface area contributed by atoms with Crippen molar-refractivity contribution in [3.8, 4) is 5.75 Å². The first-order chi connectivity index (χ1) is 13.4. The molecule has 0 bridgehead atoms. The minimum atomic E-state index is -0.542. The molecule has 1 atom stereocenters. The molecule has 0 aliphatic rings. The number of aromatic amines is 2. The van der Waals surface area contributed by atoms with Crippen LogP contribution in [0.5, 0.6) is 5.75 Å². The van der Waals surface area contributed by atoms with Crippen LogP contribution in [0.3, 0.4) is 0 Å². The highest BCUT2D eigenvalue weighted by Gasteiger charge is 2.26. The molecule has 0 saturated carbocycles. The molecular weight excluding hydrogens is 374 g/mol. The molecule has 29 heavy (non-hydrogen) atoms. The van der Waals surface area contributed by atoms with Gasteiger partial charge in [-0.15, -0.1) is 0 Å². The van der Waals surface area contributed by atoms with E-state index in [2.05, 4.69) is 15.5 Å². The maximum absolute atomic E-state index is 12.6. The number of phenolic OH excluding ortho intramolecular Hbond substituents is 1. The van der Waals surface area contributed by atoms with Gasteiger partial charge in [-0.2, -0.15) is 0 Å². The van der Waals surface area contributed by atoms with E-state index >= 15 is 0 Å². The van der Waals surface area contributed by atoms with Gasteiger partial charge in [0.05, 0.1) is 11.3 Å². The Balaban J connectivity index is 2.63. The first-order valence-corrected chi connectivity index (χ1v) is 9.25. The molecule has 1 heterocycles. The molecule has 0 spiro atoms. The van der Waals surface area contributed by atoms with Crippen LogP contribution in [0.25, 0.3) is 0 Å². The molecule has 0 saturated heterocycles. The molecule has 0 aliphatic carbocycles. The number of anilines is 3. The summed E-state index contributed by atoms with van der Waals surface area (Å²) in [7, 11) is 4.71. The summed E-state index contributed by atoms with van der Waals surface area (Å²) in [6.45, 7) is 7.95. The lowest BCUT2D eigenvalue weighted by atomic mass is 9.88. The second kappa shape index (κ2) is 8.02. The highest BCUT2D eigenvalue weighted by atomic mass is 16.3. The predicted octanol–water partition coefficient (Wildman–Crippen LogP) is 2.08. The highest BCUT2D eigenvalue weighted by Crippen LogP contribution is 2.36. The molecule has 0 unspecified atom stereocenters. The largest absolute Gasteiger partial charge is 0.505 e. The average molecular weight is 403 g/mol. The van der Waals surface area contributed by atoms with Crippen LogP contribution in [0.15, 0.2) is 27.8 Å². The van der Waals surface area contributed by atoms with E-state index in [4.69, 9.17) is 0 Å². The molecule has 9 heteroatoms. The third-order valence-corrected chi connectivity index (χ3v) is 4.98. The zero-order valence-corrected chi connectivity index (χ0v) is 17.9. The van der Waals surface area contributed by atoms with Crippen molar-refractivity contribution in [2.24, 2.45) is 5.41 Å². The molecule has 0 fully saturated rings. The van der Waals surface area contributed by atoms with Crippen LogP contribution in [-0.2, 0) is 0 Å². The zero-order valence-electron chi connectivity index (χ0n) is 17.9. The van der Waals surface area contributed by atoms with Crippen molar-refractivity contribution in [3.05, 3.63) is 44.5 Å². The Morgan fingerprint density at radius 1 is 1.10 bits per heavy atom. The van der Waals surface area contributed by atoms with Crippen LogP contribution in [0, 0.1) is 5.41 Å². The molecule has 4 N–H and O–H groups in total. The van der Waals surface area contributed by atoms with Gasteiger partial charge in [0.25, 0.3) is 17.0 Å². The van der Waals surface area contributed by atoms with E-state index in [0.29, 0.717) is 0 Å². The minimum absolute atomic E-state index is 0.0367. The summed E-state index contributed by atoms with van der Waals surface area (Å²) < 4.78 is 0. The standard InChI is InChI=1S/C20H29N5O4/c1-11(20(2,3)4)21-14-15(18(28)23-22-17(14)27)25(7)13-10-8-9-12(16(13)26)19(29)24(5)6/h8-11,26H,1-7H3,(H,22,27)(H2,21,23,28)/t11-/m0/s1. The van der Waals surface area contributed by atoms with Crippen molar-refractivity contribution >= 4 is 23.0 Å². The lowest BCUT2D eigenvalue weighted by Gasteiger charge is -2.30. The fourth-order valence-electron chi connectivity index (χ4n) is 2.68. The van der Waals surface area contributed by atoms with Crippen LogP contribution >= 0.6 is 0 Å². The van der Waals surface area contributed by atoms with Gasteiger partial charge in [-0.05, 0) is 24.5 Å². The second-order valence-corrected chi connectivity index (χ2v) is 8.30.